The van der Waals surface area contributed by atoms with Gasteiger partial charge >= 0.3 is 0 Å². The van der Waals surface area contributed by atoms with Gasteiger partial charge in [0.15, 0.2) is 0 Å². The maximum Gasteiger partial charge on any atom is 0.0703 e. The van der Waals surface area contributed by atoms with Gasteiger partial charge in [-0.3, -0.25) is 9.80 Å². The van der Waals surface area contributed by atoms with Gasteiger partial charge in [0.1, 0.15) is 0 Å². The highest BCUT2D eigenvalue weighted by atomic mass is 16.5. The lowest BCUT2D eigenvalue weighted by molar-refractivity contribution is 0.0708. The van der Waals surface area contributed by atoms with Crippen LogP contribution in [0.25, 0.3) is 0 Å². The van der Waals surface area contributed by atoms with Crippen molar-refractivity contribution in [2.75, 3.05) is 32.8 Å². The van der Waals surface area contributed by atoms with Crippen molar-refractivity contribution in [2.45, 2.75) is 50.8 Å². The summed E-state index contributed by atoms with van der Waals surface area (Å²) >= 11 is 0. The van der Waals surface area contributed by atoms with Crippen LogP contribution in [0.1, 0.15) is 32.6 Å². The highest BCUT2D eigenvalue weighted by molar-refractivity contribution is 4.90. The SMILES string of the molecule is CC1OCCC1N1CCCN2CCCC2C1. The maximum atomic E-state index is 5.72. The summed E-state index contributed by atoms with van der Waals surface area (Å²) < 4.78 is 5.72. The molecule has 3 heterocycles. The second kappa shape index (κ2) is 4.63. The van der Waals surface area contributed by atoms with Gasteiger partial charge in [-0.2, -0.15) is 0 Å². The van der Waals surface area contributed by atoms with Crippen LogP contribution in [0.3, 0.4) is 0 Å². The van der Waals surface area contributed by atoms with E-state index in [0.717, 1.165) is 12.6 Å². The third-order valence-electron chi connectivity index (χ3n) is 4.64. The van der Waals surface area contributed by atoms with E-state index in [4.69, 9.17) is 4.74 Å². The number of ether oxygens (including phenoxy) is 1. The van der Waals surface area contributed by atoms with Gasteiger partial charge in [-0.15, -0.1) is 0 Å². The number of nitrogens with zero attached hydrogens (tertiary/aromatic N) is 2. The molecule has 3 heteroatoms. The van der Waals surface area contributed by atoms with Crippen LogP contribution < -0.4 is 0 Å². The summed E-state index contributed by atoms with van der Waals surface area (Å²) in [6.45, 7) is 8.45. The average Bonchev–Trinajstić information content (AvgIpc) is 2.83. The minimum Gasteiger partial charge on any atom is -0.377 e. The molecule has 0 bridgehead atoms. The van der Waals surface area contributed by atoms with Gasteiger partial charge in [-0.05, 0) is 52.2 Å². The van der Waals surface area contributed by atoms with Crippen LogP contribution in [0.2, 0.25) is 0 Å². The molecule has 0 aliphatic carbocycles. The van der Waals surface area contributed by atoms with Crippen molar-refractivity contribution < 1.29 is 4.74 Å². The van der Waals surface area contributed by atoms with Gasteiger partial charge in [0.05, 0.1) is 6.10 Å². The van der Waals surface area contributed by atoms with E-state index < -0.39 is 0 Å². The van der Waals surface area contributed by atoms with E-state index in [0.29, 0.717) is 12.1 Å². The first kappa shape index (κ1) is 11.0. The fourth-order valence-electron chi connectivity index (χ4n) is 3.74. The number of rotatable bonds is 1. The molecule has 3 rings (SSSR count). The summed E-state index contributed by atoms with van der Waals surface area (Å²) in [6.07, 6.45) is 5.87. The first-order valence-electron chi connectivity index (χ1n) is 6.94. The molecule has 0 aromatic heterocycles. The molecular formula is C13H24N2O. The van der Waals surface area contributed by atoms with Crippen LogP contribution in [0, 0.1) is 0 Å². The third kappa shape index (κ3) is 2.01. The molecule has 0 N–H and O–H groups in total. The van der Waals surface area contributed by atoms with Crippen LogP contribution in [0.15, 0.2) is 0 Å². The monoisotopic (exact) mass is 224 g/mol. The zero-order valence-corrected chi connectivity index (χ0v) is 10.4. The second-order valence-electron chi connectivity index (χ2n) is 5.61. The Hall–Kier alpha value is -0.120. The Morgan fingerprint density at radius 1 is 1.00 bits per heavy atom. The van der Waals surface area contributed by atoms with Crippen LogP contribution in [0.5, 0.6) is 0 Å². The molecule has 0 radical (unpaired) electrons. The first-order valence-corrected chi connectivity index (χ1v) is 6.94. The first-order chi connectivity index (χ1) is 7.84. The molecule has 3 unspecified atom stereocenters. The van der Waals surface area contributed by atoms with Crippen LogP contribution in [-0.2, 0) is 4.74 Å². The van der Waals surface area contributed by atoms with Gasteiger partial charge in [-0.1, -0.05) is 0 Å². The molecule has 3 atom stereocenters. The van der Waals surface area contributed by atoms with Gasteiger partial charge < -0.3 is 4.74 Å². The molecule has 0 aromatic carbocycles. The van der Waals surface area contributed by atoms with Crippen molar-refractivity contribution >= 4 is 0 Å². The van der Waals surface area contributed by atoms with Crippen LogP contribution in [0.4, 0.5) is 0 Å². The Bertz CT molecular complexity index is 246. The Morgan fingerprint density at radius 2 is 1.81 bits per heavy atom. The molecule has 3 nitrogen and oxygen atoms in total. The zero-order valence-electron chi connectivity index (χ0n) is 10.4. The fourth-order valence-corrected chi connectivity index (χ4v) is 3.74. The predicted octanol–water partition coefficient (Wildman–Crippen LogP) is 1.33. The third-order valence-corrected chi connectivity index (χ3v) is 4.64. The van der Waals surface area contributed by atoms with E-state index in [-0.39, 0.29) is 0 Å². The Labute approximate surface area is 98.7 Å². The lowest BCUT2D eigenvalue weighted by atomic mass is 10.1. The fraction of sp³-hybridized carbons (Fsp3) is 1.00. The molecule has 0 saturated carbocycles. The highest BCUT2D eigenvalue weighted by Crippen LogP contribution is 2.26. The minimum atomic E-state index is 0.452. The quantitative estimate of drug-likeness (QED) is 0.668. The Kier molecular flexibility index (Phi) is 3.18. The predicted molar refractivity (Wildman–Crippen MR) is 64.6 cm³/mol. The Morgan fingerprint density at radius 3 is 2.62 bits per heavy atom. The molecule has 16 heavy (non-hydrogen) atoms. The summed E-state index contributed by atoms with van der Waals surface area (Å²) in [7, 11) is 0. The molecule has 0 aromatic rings. The van der Waals surface area contributed by atoms with E-state index in [1.807, 2.05) is 0 Å². The smallest absolute Gasteiger partial charge is 0.0703 e. The van der Waals surface area contributed by atoms with E-state index >= 15 is 0 Å². The topological polar surface area (TPSA) is 15.7 Å². The van der Waals surface area contributed by atoms with Crippen LogP contribution in [-0.4, -0.2) is 60.8 Å². The molecule has 3 aliphatic rings. The van der Waals surface area contributed by atoms with Crippen molar-refractivity contribution in [1.82, 2.24) is 9.80 Å². The summed E-state index contributed by atoms with van der Waals surface area (Å²) in [4.78, 5) is 5.42. The van der Waals surface area contributed by atoms with E-state index in [2.05, 4.69) is 16.7 Å². The molecule has 92 valence electrons. The number of hydrogen-bond donors (Lipinski definition) is 0. The van der Waals surface area contributed by atoms with Gasteiger partial charge in [0.25, 0.3) is 0 Å². The lowest BCUT2D eigenvalue weighted by Crippen LogP contribution is -2.44. The minimum absolute atomic E-state index is 0.452. The van der Waals surface area contributed by atoms with E-state index in [1.165, 1.54) is 51.9 Å². The molecular weight excluding hydrogens is 200 g/mol. The lowest BCUT2D eigenvalue weighted by Gasteiger charge is -2.31. The van der Waals surface area contributed by atoms with E-state index in [9.17, 15) is 0 Å². The summed E-state index contributed by atoms with van der Waals surface area (Å²) in [6, 6.07) is 1.54. The standard InChI is InChI=1S/C13H24N2O/c1-11-13(5-9-16-11)15-8-3-7-14-6-2-4-12(14)10-15/h11-13H,2-10H2,1H3. The second-order valence-corrected chi connectivity index (χ2v) is 5.61. The summed E-state index contributed by atoms with van der Waals surface area (Å²) in [5, 5.41) is 0. The van der Waals surface area contributed by atoms with Crippen molar-refractivity contribution in [2.24, 2.45) is 0 Å². The van der Waals surface area contributed by atoms with Crippen LogP contribution >= 0.6 is 0 Å². The Balaban J connectivity index is 1.66. The van der Waals surface area contributed by atoms with Gasteiger partial charge in [0.2, 0.25) is 0 Å². The summed E-state index contributed by atoms with van der Waals surface area (Å²) in [5.74, 6) is 0. The molecule has 3 fully saturated rings. The highest BCUT2D eigenvalue weighted by Gasteiger charge is 2.35. The number of fused-ring (bicyclic) bond motifs is 1. The molecule has 0 spiro atoms. The van der Waals surface area contributed by atoms with Gasteiger partial charge in [-0.25, -0.2) is 0 Å². The molecule has 3 aliphatic heterocycles. The summed E-state index contributed by atoms with van der Waals surface area (Å²) in [5.41, 5.74) is 0. The molecule has 0 amide bonds. The van der Waals surface area contributed by atoms with Crippen molar-refractivity contribution in [1.29, 1.82) is 0 Å². The van der Waals surface area contributed by atoms with E-state index in [1.54, 1.807) is 0 Å². The maximum absolute atomic E-state index is 5.72. The largest absolute Gasteiger partial charge is 0.377 e. The van der Waals surface area contributed by atoms with Crippen molar-refractivity contribution in [3.63, 3.8) is 0 Å². The van der Waals surface area contributed by atoms with Crippen molar-refractivity contribution in [3.8, 4) is 0 Å². The molecule has 3 saturated heterocycles. The number of hydrogen-bond acceptors (Lipinski definition) is 3. The normalized spacial score (nSPS) is 42.2. The zero-order chi connectivity index (χ0) is 11.0. The average molecular weight is 224 g/mol. The van der Waals surface area contributed by atoms with Gasteiger partial charge in [0, 0.05) is 25.2 Å². The van der Waals surface area contributed by atoms with Crippen molar-refractivity contribution in [3.05, 3.63) is 0 Å².